The number of aromatic nitrogens is 1. The Morgan fingerprint density at radius 2 is 2.00 bits per heavy atom. The van der Waals surface area contributed by atoms with Crippen LogP contribution in [-0.4, -0.2) is 37.3 Å². The highest BCUT2D eigenvalue weighted by molar-refractivity contribution is 8.26. The van der Waals surface area contributed by atoms with E-state index in [4.69, 9.17) is 17.3 Å². The van der Waals surface area contributed by atoms with Crippen LogP contribution in [0.25, 0.3) is 11.8 Å². The van der Waals surface area contributed by atoms with E-state index in [1.807, 2.05) is 29.8 Å². The van der Waals surface area contributed by atoms with Gasteiger partial charge in [0.1, 0.15) is 4.32 Å². The number of thioether (sulfide) groups is 1. The Morgan fingerprint density at radius 3 is 2.58 bits per heavy atom. The summed E-state index contributed by atoms with van der Waals surface area (Å²) in [5, 5.41) is 8.98. The van der Waals surface area contributed by atoms with Crippen LogP contribution in [0.1, 0.15) is 23.0 Å². The minimum Gasteiger partial charge on any atom is -0.478 e. The fourth-order valence-corrected chi connectivity index (χ4v) is 3.79. The lowest BCUT2D eigenvalue weighted by Gasteiger charge is -2.10. The van der Waals surface area contributed by atoms with Gasteiger partial charge in [-0.2, -0.15) is 0 Å². The van der Waals surface area contributed by atoms with Gasteiger partial charge in [-0.25, -0.2) is 4.79 Å². The van der Waals surface area contributed by atoms with Crippen molar-refractivity contribution in [2.45, 2.75) is 6.92 Å². The molecule has 1 N–H and O–H groups in total. The van der Waals surface area contributed by atoms with E-state index < -0.39 is 5.97 Å². The first-order valence-corrected chi connectivity index (χ1v) is 8.50. The lowest BCUT2D eigenvalue weighted by molar-refractivity contribution is -0.121. The number of hydrogen-bond acceptors (Lipinski definition) is 4. The third kappa shape index (κ3) is 3.00. The maximum atomic E-state index is 12.3. The van der Waals surface area contributed by atoms with Crippen molar-refractivity contribution in [2.24, 2.45) is 0 Å². The van der Waals surface area contributed by atoms with Gasteiger partial charge in [0.15, 0.2) is 0 Å². The van der Waals surface area contributed by atoms with Crippen LogP contribution in [0, 0.1) is 0 Å². The number of benzene rings is 1. The fraction of sp³-hybridized carbons (Fsp3) is 0.118. The molecule has 1 saturated heterocycles. The molecular formula is C17H14N2O3S2. The second-order valence-corrected chi connectivity index (χ2v) is 6.76. The van der Waals surface area contributed by atoms with Crippen LogP contribution in [0.2, 0.25) is 0 Å². The lowest BCUT2D eigenvalue weighted by atomic mass is 10.2. The van der Waals surface area contributed by atoms with Crippen LogP contribution in [0.15, 0.2) is 47.5 Å². The molecule has 24 heavy (non-hydrogen) atoms. The van der Waals surface area contributed by atoms with Crippen molar-refractivity contribution in [3.8, 4) is 5.69 Å². The number of thiocarbonyl (C=S) groups is 1. The molecular weight excluding hydrogens is 344 g/mol. The number of nitrogens with zero attached hydrogens (tertiary/aromatic N) is 2. The van der Waals surface area contributed by atoms with Gasteiger partial charge in [0.2, 0.25) is 0 Å². The van der Waals surface area contributed by atoms with Gasteiger partial charge in [0.05, 0.1) is 10.5 Å². The Kier molecular flexibility index (Phi) is 4.55. The van der Waals surface area contributed by atoms with Crippen molar-refractivity contribution in [1.29, 1.82) is 0 Å². The average Bonchev–Trinajstić information content (AvgIpc) is 3.12. The number of rotatable bonds is 4. The van der Waals surface area contributed by atoms with Crippen LogP contribution in [0.5, 0.6) is 0 Å². The summed E-state index contributed by atoms with van der Waals surface area (Å²) in [6.45, 7) is 2.44. The zero-order chi connectivity index (χ0) is 17.3. The van der Waals surface area contributed by atoms with Crippen molar-refractivity contribution in [1.82, 2.24) is 9.47 Å². The molecule has 0 bridgehead atoms. The number of carbonyl (C=O) groups is 2. The zero-order valence-corrected chi connectivity index (χ0v) is 14.4. The molecule has 0 aliphatic carbocycles. The molecule has 2 aromatic rings. The molecule has 1 aromatic carbocycles. The third-order valence-corrected chi connectivity index (χ3v) is 5.02. The summed E-state index contributed by atoms with van der Waals surface area (Å²) < 4.78 is 2.46. The lowest BCUT2D eigenvalue weighted by Crippen LogP contribution is -2.27. The SMILES string of the molecule is CCN1C(=O)C(=Cc2cccn2-c2ccc(C(=O)O)cc2)SC1=S. The summed E-state index contributed by atoms with van der Waals surface area (Å²) in [4.78, 5) is 25.4. The number of carbonyl (C=O) groups excluding carboxylic acids is 1. The summed E-state index contributed by atoms with van der Waals surface area (Å²) in [6.07, 6.45) is 3.67. The minimum atomic E-state index is -0.961. The molecule has 5 nitrogen and oxygen atoms in total. The van der Waals surface area contributed by atoms with Crippen LogP contribution < -0.4 is 0 Å². The first-order chi connectivity index (χ1) is 11.5. The van der Waals surface area contributed by atoms with Gasteiger partial charge in [-0.3, -0.25) is 9.69 Å². The Hall–Kier alpha value is -2.38. The van der Waals surface area contributed by atoms with Gasteiger partial charge >= 0.3 is 5.97 Å². The summed E-state index contributed by atoms with van der Waals surface area (Å²) in [6, 6.07) is 10.3. The Labute approximate surface area is 148 Å². The van der Waals surface area contributed by atoms with E-state index in [0.717, 1.165) is 11.4 Å². The molecule has 0 unspecified atom stereocenters. The predicted molar refractivity (Wildman–Crippen MR) is 98.3 cm³/mol. The Morgan fingerprint density at radius 1 is 1.29 bits per heavy atom. The largest absolute Gasteiger partial charge is 0.478 e. The topological polar surface area (TPSA) is 62.5 Å². The van der Waals surface area contributed by atoms with Gasteiger partial charge in [-0.15, -0.1) is 0 Å². The van der Waals surface area contributed by atoms with E-state index in [1.165, 1.54) is 11.8 Å². The standard InChI is InChI=1S/C17H14N2O3S2/c1-2-18-15(20)14(24-17(18)23)10-13-4-3-9-19(13)12-7-5-11(6-8-12)16(21)22/h3-10H,2H2,1H3,(H,21,22). The smallest absolute Gasteiger partial charge is 0.335 e. The summed E-state index contributed by atoms with van der Waals surface area (Å²) in [5.41, 5.74) is 1.88. The molecule has 1 aliphatic rings. The van der Waals surface area contributed by atoms with E-state index >= 15 is 0 Å². The van der Waals surface area contributed by atoms with Gasteiger partial charge < -0.3 is 9.67 Å². The van der Waals surface area contributed by atoms with Gasteiger partial charge in [-0.05, 0) is 49.4 Å². The molecule has 3 rings (SSSR count). The maximum Gasteiger partial charge on any atom is 0.335 e. The Bertz CT molecular complexity index is 853. The Balaban J connectivity index is 1.94. The molecule has 0 radical (unpaired) electrons. The van der Waals surface area contributed by atoms with Crippen molar-refractivity contribution in [3.63, 3.8) is 0 Å². The maximum absolute atomic E-state index is 12.3. The van der Waals surface area contributed by atoms with Gasteiger partial charge in [0, 0.05) is 24.1 Å². The summed E-state index contributed by atoms with van der Waals surface area (Å²) in [7, 11) is 0. The van der Waals surface area contributed by atoms with Crippen LogP contribution in [0.4, 0.5) is 0 Å². The van der Waals surface area contributed by atoms with Crippen molar-refractivity contribution >= 4 is 46.3 Å². The molecule has 0 spiro atoms. The number of hydrogen-bond donors (Lipinski definition) is 1. The van der Waals surface area contributed by atoms with Crippen molar-refractivity contribution in [3.05, 3.63) is 58.8 Å². The molecule has 0 atom stereocenters. The van der Waals surface area contributed by atoms with Crippen LogP contribution in [0.3, 0.4) is 0 Å². The highest BCUT2D eigenvalue weighted by Crippen LogP contribution is 2.32. The number of carboxylic acid groups (broad SMARTS) is 1. The summed E-state index contributed by atoms with van der Waals surface area (Å²) in [5.74, 6) is -1.04. The predicted octanol–water partition coefficient (Wildman–Crippen LogP) is 3.40. The molecule has 1 aliphatic heterocycles. The second kappa shape index (κ2) is 6.62. The first-order valence-electron chi connectivity index (χ1n) is 7.27. The molecule has 0 saturated carbocycles. The monoisotopic (exact) mass is 358 g/mol. The number of likely N-dealkylation sites (N-methyl/N-ethyl adjacent to an activating group) is 1. The molecule has 7 heteroatoms. The highest BCUT2D eigenvalue weighted by atomic mass is 32.2. The van der Waals surface area contributed by atoms with E-state index in [1.54, 1.807) is 35.2 Å². The fourth-order valence-electron chi connectivity index (χ4n) is 2.42. The summed E-state index contributed by atoms with van der Waals surface area (Å²) >= 11 is 6.51. The van der Waals surface area contributed by atoms with Crippen LogP contribution in [-0.2, 0) is 4.79 Å². The quantitative estimate of drug-likeness (QED) is 0.670. The molecule has 1 amide bonds. The highest BCUT2D eigenvalue weighted by Gasteiger charge is 2.30. The number of carboxylic acids is 1. The minimum absolute atomic E-state index is 0.0820. The number of amides is 1. The number of aromatic carboxylic acids is 1. The van der Waals surface area contributed by atoms with E-state index in [-0.39, 0.29) is 11.5 Å². The molecule has 1 fully saturated rings. The van der Waals surface area contributed by atoms with Gasteiger partial charge in [-0.1, -0.05) is 24.0 Å². The van der Waals surface area contributed by atoms with E-state index in [0.29, 0.717) is 15.8 Å². The zero-order valence-electron chi connectivity index (χ0n) is 12.8. The second-order valence-electron chi connectivity index (χ2n) is 5.08. The first kappa shape index (κ1) is 16.5. The van der Waals surface area contributed by atoms with E-state index in [9.17, 15) is 9.59 Å². The van der Waals surface area contributed by atoms with E-state index in [2.05, 4.69) is 0 Å². The van der Waals surface area contributed by atoms with Crippen molar-refractivity contribution in [2.75, 3.05) is 6.54 Å². The molecule has 2 heterocycles. The van der Waals surface area contributed by atoms with Crippen LogP contribution >= 0.6 is 24.0 Å². The molecule has 122 valence electrons. The van der Waals surface area contributed by atoms with Gasteiger partial charge in [0.25, 0.3) is 5.91 Å². The normalized spacial score (nSPS) is 16.2. The average molecular weight is 358 g/mol. The third-order valence-electron chi connectivity index (χ3n) is 3.64. The molecule has 1 aromatic heterocycles. The van der Waals surface area contributed by atoms with Crippen molar-refractivity contribution < 1.29 is 14.7 Å².